The SMILES string of the molecule is COc1ccc2c(c1O)-c1c(O)cccc1CCN(C)CC2. The van der Waals surface area contributed by atoms with E-state index in [0.717, 1.165) is 42.6 Å². The van der Waals surface area contributed by atoms with Gasteiger partial charge in [-0.1, -0.05) is 18.2 Å². The molecule has 1 aliphatic heterocycles. The largest absolute Gasteiger partial charge is 0.507 e. The van der Waals surface area contributed by atoms with Crippen molar-refractivity contribution in [1.82, 2.24) is 4.90 Å². The summed E-state index contributed by atoms with van der Waals surface area (Å²) >= 11 is 0. The molecule has 0 amide bonds. The van der Waals surface area contributed by atoms with Crippen LogP contribution in [0, 0.1) is 0 Å². The third kappa shape index (κ3) is 2.50. The van der Waals surface area contributed by atoms with Gasteiger partial charge in [0.1, 0.15) is 5.75 Å². The molecule has 1 heterocycles. The molecule has 116 valence electrons. The van der Waals surface area contributed by atoms with Gasteiger partial charge in [-0.05, 0) is 43.1 Å². The summed E-state index contributed by atoms with van der Waals surface area (Å²) in [6.07, 6.45) is 1.65. The molecule has 0 bridgehead atoms. The molecular formula is C18H21NO3. The maximum absolute atomic E-state index is 10.6. The Kier molecular flexibility index (Phi) is 3.94. The van der Waals surface area contributed by atoms with Crippen LogP contribution in [0.15, 0.2) is 30.3 Å². The number of aromatic hydroxyl groups is 2. The van der Waals surface area contributed by atoms with Crippen molar-refractivity contribution in [1.29, 1.82) is 0 Å². The molecule has 3 rings (SSSR count). The number of hydrogen-bond acceptors (Lipinski definition) is 4. The van der Waals surface area contributed by atoms with E-state index in [-0.39, 0.29) is 11.5 Å². The summed E-state index contributed by atoms with van der Waals surface area (Å²) in [7, 11) is 3.63. The van der Waals surface area contributed by atoms with Crippen molar-refractivity contribution in [2.75, 3.05) is 27.2 Å². The third-order valence-electron chi connectivity index (χ3n) is 4.35. The molecule has 4 nitrogen and oxygen atoms in total. The van der Waals surface area contributed by atoms with Crippen molar-refractivity contribution in [3.8, 4) is 28.4 Å². The van der Waals surface area contributed by atoms with Gasteiger partial charge in [0.15, 0.2) is 11.5 Å². The summed E-state index contributed by atoms with van der Waals surface area (Å²) in [6.45, 7) is 1.83. The van der Waals surface area contributed by atoms with E-state index < -0.39 is 0 Å². The smallest absolute Gasteiger partial charge is 0.166 e. The van der Waals surface area contributed by atoms with Gasteiger partial charge in [0.05, 0.1) is 7.11 Å². The summed E-state index contributed by atoms with van der Waals surface area (Å²) in [5, 5.41) is 21.0. The van der Waals surface area contributed by atoms with Crippen LogP contribution < -0.4 is 4.74 Å². The normalized spacial score (nSPS) is 15.2. The van der Waals surface area contributed by atoms with Crippen molar-refractivity contribution < 1.29 is 14.9 Å². The Morgan fingerprint density at radius 1 is 0.955 bits per heavy atom. The summed E-state index contributed by atoms with van der Waals surface area (Å²) in [5.74, 6) is 0.736. The Morgan fingerprint density at radius 3 is 2.32 bits per heavy atom. The van der Waals surface area contributed by atoms with E-state index in [1.165, 1.54) is 7.11 Å². The molecule has 0 aliphatic carbocycles. The minimum atomic E-state index is 0.104. The number of methoxy groups -OCH3 is 1. The first-order valence-corrected chi connectivity index (χ1v) is 7.50. The second-order valence-corrected chi connectivity index (χ2v) is 5.77. The van der Waals surface area contributed by atoms with Crippen molar-refractivity contribution in [2.45, 2.75) is 12.8 Å². The highest BCUT2D eigenvalue weighted by Gasteiger charge is 2.22. The quantitative estimate of drug-likeness (QED) is 0.850. The zero-order valence-corrected chi connectivity index (χ0v) is 13.0. The molecule has 0 unspecified atom stereocenters. The number of hydrogen-bond donors (Lipinski definition) is 2. The number of nitrogens with zero attached hydrogens (tertiary/aromatic N) is 1. The average molecular weight is 299 g/mol. The number of phenols is 2. The molecule has 2 aromatic carbocycles. The molecule has 0 atom stereocenters. The van der Waals surface area contributed by atoms with Gasteiger partial charge in [0.25, 0.3) is 0 Å². The first-order valence-electron chi connectivity index (χ1n) is 7.50. The molecule has 22 heavy (non-hydrogen) atoms. The summed E-state index contributed by atoms with van der Waals surface area (Å²) in [6, 6.07) is 9.29. The first kappa shape index (κ1) is 14.7. The van der Waals surface area contributed by atoms with Crippen LogP contribution in [-0.4, -0.2) is 42.4 Å². The Hall–Kier alpha value is -2.20. The number of fused-ring (bicyclic) bond motifs is 3. The van der Waals surface area contributed by atoms with Gasteiger partial charge in [-0.15, -0.1) is 0 Å². The molecule has 2 N–H and O–H groups in total. The Bertz CT molecular complexity index is 697. The minimum absolute atomic E-state index is 0.104. The van der Waals surface area contributed by atoms with E-state index in [1.807, 2.05) is 18.2 Å². The molecule has 1 aliphatic rings. The van der Waals surface area contributed by atoms with E-state index in [2.05, 4.69) is 11.9 Å². The average Bonchev–Trinajstić information content (AvgIpc) is 2.58. The fourth-order valence-electron chi connectivity index (χ4n) is 3.08. The van der Waals surface area contributed by atoms with E-state index in [0.29, 0.717) is 11.3 Å². The van der Waals surface area contributed by atoms with Crippen molar-refractivity contribution >= 4 is 0 Å². The van der Waals surface area contributed by atoms with E-state index >= 15 is 0 Å². The number of likely N-dealkylation sites (N-methyl/N-ethyl adjacent to an activating group) is 1. The van der Waals surface area contributed by atoms with Gasteiger partial charge in [0, 0.05) is 24.2 Å². The fourth-order valence-corrected chi connectivity index (χ4v) is 3.08. The molecular weight excluding hydrogens is 278 g/mol. The van der Waals surface area contributed by atoms with Gasteiger partial charge >= 0.3 is 0 Å². The highest BCUT2D eigenvalue weighted by atomic mass is 16.5. The van der Waals surface area contributed by atoms with Gasteiger partial charge in [0.2, 0.25) is 0 Å². The lowest BCUT2D eigenvalue weighted by Gasteiger charge is -2.17. The van der Waals surface area contributed by atoms with Crippen LogP contribution in [0.3, 0.4) is 0 Å². The lowest BCUT2D eigenvalue weighted by Crippen LogP contribution is -2.23. The number of ether oxygens (including phenoxy) is 1. The molecule has 0 fully saturated rings. The van der Waals surface area contributed by atoms with E-state index in [4.69, 9.17) is 4.74 Å². The van der Waals surface area contributed by atoms with Crippen LogP contribution in [0.25, 0.3) is 11.1 Å². The Labute approximate surface area is 130 Å². The maximum Gasteiger partial charge on any atom is 0.166 e. The van der Waals surface area contributed by atoms with Crippen molar-refractivity contribution in [2.24, 2.45) is 0 Å². The van der Waals surface area contributed by atoms with Crippen LogP contribution in [0.1, 0.15) is 11.1 Å². The van der Waals surface area contributed by atoms with Crippen LogP contribution in [0.5, 0.6) is 17.2 Å². The highest BCUT2D eigenvalue weighted by molar-refractivity contribution is 5.83. The molecule has 0 radical (unpaired) electrons. The highest BCUT2D eigenvalue weighted by Crippen LogP contribution is 2.45. The maximum atomic E-state index is 10.6. The van der Waals surface area contributed by atoms with Gasteiger partial charge in [-0.2, -0.15) is 0 Å². The molecule has 2 aromatic rings. The second-order valence-electron chi connectivity index (χ2n) is 5.77. The Morgan fingerprint density at radius 2 is 1.64 bits per heavy atom. The minimum Gasteiger partial charge on any atom is -0.507 e. The zero-order valence-electron chi connectivity index (χ0n) is 13.0. The Balaban J connectivity index is 2.30. The summed E-state index contributed by atoms with van der Waals surface area (Å²) < 4.78 is 5.25. The zero-order chi connectivity index (χ0) is 15.7. The number of phenolic OH excluding ortho intramolecular Hbond substituents is 2. The van der Waals surface area contributed by atoms with Crippen molar-refractivity contribution in [3.63, 3.8) is 0 Å². The fraction of sp³-hybridized carbons (Fsp3) is 0.333. The third-order valence-corrected chi connectivity index (χ3v) is 4.35. The molecule has 0 saturated carbocycles. The monoisotopic (exact) mass is 299 g/mol. The molecule has 4 heteroatoms. The van der Waals surface area contributed by atoms with Gasteiger partial charge < -0.3 is 19.8 Å². The number of rotatable bonds is 1. The lowest BCUT2D eigenvalue weighted by molar-refractivity contribution is 0.343. The van der Waals surface area contributed by atoms with Gasteiger partial charge in [-0.3, -0.25) is 0 Å². The van der Waals surface area contributed by atoms with Crippen LogP contribution >= 0.6 is 0 Å². The predicted octanol–water partition coefficient (Wildman–Crippen LogP) is 2.80. The topological polar surface area (TPSA) is 52.9 Å². The lowest BCUT2D eigenvalue weighted by atomic mass is 9.91. The number of benzene rings is 2. The summed E-state index contributed by atoms with van der Waals surface area (Å²) in [5.41, 5.74) is 3.49. The first-order chi connectivity index (χ1) is 10.6. The molecule has 0 spiro atoms. The van der Waals surface area contributed by atoms with E-state index in [1.54, 1.807) is 12.1 Å². The molecule has 0 aromatic heterocycles. The van der Waals surface area contributed by atoms with Crippen molar-refractivity contribution in [3.05, 3.63) is 41.5 Å². The van der Waals surface area contributed by atoms with Crippen LogP contribution in [-0.2, 0) is 12.8 Å². The second kappa shape index (κ2) is 5.89. The predicted molar refractivity (Wildman–Crippen MR) is 86.7 cm³/mol. The van der Waals surface area contributed by atoms with Crippen LogP contribution in [0.4, 0.5) is 0 Å². The summed E-state index contributed by atoms with van der Waals surface area (Å²) in [4.78, 5) is 2.27. The molecule has 0 saturated heterocycles. The standard InChI is InChI=1S/C18H21NO3/c1-19-10-8-12-4-3-5-14(20)16(12)17-13(9-11-19)6-7-15(22-2)18(17)21/h3-7,20-21H,8-11H2,1-2H3. The van der Waals surface area contributed by atoms with E-state index in [9.17, 15) is 10.2 Å². The van der Waals surface area contributed by atoms with Gasteiger partial charge in [-0.25, -0.2) is 0 Å². The van der Waals surface area contributed by atoms with Crippen LogP contribution in [0.2, 0.25) is 0 Å².